The summed E-state index contributed by atoms with van der Waals surface area (Å²) < 4.78 is 23.6. The molecule has 0 aromatic carbocycles. The van der Waals surface area contributed by atoms with Crippen molar-refractivity contribution in [2.45, 2.75) is 25.3 Å². The first-order valence-corrected chi connectivity index (χ1v) is 3.89. The van der Waals surface area contributed by atoms with Gasteiger partial charge in [0.2, 0.25) is 11.6 Å². The highest BCUT2D eigenvalue weighted by Crippen LogP contribution is 2.13. The maximum Gasteiger partial charge on any atom is 0.231 e. The molecule has 0 atom stereocenters. The molecule has 1 N–H and O–H groups in total. The molecule has 0 aliphatic rings. The average Bonchev–Trinajstić information content (AvgIpc) is 1.63. The van der Waals surface area contributed by atoms with Crippen molar-refractivity contribution in [2.24, 2.45) is 0 Å². The molecule has 0 saturated carbocycles. The van der Waals surface area contributed by atoms with E-state index in [1.807, 2.05) is 0 Å². The number of hydrogen-bond acceptors (Lipinski definition) is 2. The maximum absolute atomic E-state index is 11.8. The van der Waals surface area contributed by atoms with E-state index in [2.05, 4.69) is 0 Å². The predicted molar refractivity (Wildman–Crippen MR) is 38.2 cm³/mol. The molecule has 0 heterocycles. The van der Waals surface area contributed by atoms with E-state index < -0.39 is 5.55 Å². The summed E-state index contributed by atoms with van der Waals surface area (Å²) in [6.07, 6.45) is 1.41. The predicted octanol–water partition coefficient (Wildman–Crippen LogP) is 0.646. The van der Waals surface area contributed by atoms with Crippen molar-refractivity contribution < 1.29 is 13.6 Å². The van der Waals surface area contributed by atoms with Gasteiger partial charge in [-0.25, -0.2) is 19.0 Å². The lowest BCUT2D eigenvalue weighted by molar-refractivity contribution is 0.0844. The SMILES string of the molecule is CCCC(F)(F)[SiH3].N=C=O. The first-order valence-electron chi connectivity index (χ1n) is 2.89. The van der Waals surface area contributed by atoms with Crippen molar-refractivity contribution >= 4 is 16.3 Å². The van der Waals surface area contributed by atoms with Crippen LogP contribution in [0.4, 0.5) is 8.78 Å². The van der Waals surface area contributed by atoms with Gasteiger partial charge in [0.1, 0.15) is 0 Å². The lowest BCUT2D eigenvalue weighted by Crippen LogP contribution is -2.13. The van der Waals surface area contributed by atoms with Crippen molar-refractivity contribution in [1.29, 1.82) is 5.41 Å². The van der Waals surface area contributed by atoms with Crippen LogP contribution in [0.25, 0.3) is 0 Å². The molecule has 0 fully saturated rings. The van der Waals surface area contributed by atoms with Crippen LogP contribution in [0.2, 0.25) is 0 Å². The minimum atomic E-state index is -2.31. The van der Waals surface area contributed by atoms with Crippen LogP contribution in [0.15, 0.2) is 0 Å². The molecule has 0 aliphatic carbocycles. The highest BCUT2D eigenvalue weighted by molar-refractivity contribution is 6.13. The van der Waals surface area contributed by atoms with Gasteiger partial charge in [-0.2, -0.15) is 0 Å². The van der Waals surface area contributed by atoms with E-state index in [-0.39, 0.29) is 16.7 Å². The Morgan fingerprint density at radius 3 is 2.00 bits per heavy atom. The highest BCUT2D eigenvalue weighted by atomic mass is 28.1. The average molecular weight is 167 g/mol. The number of halogens is 2. The third-order valence-electron chi connectivity index (χ3n) is 0.689. The van der Waals surface area contributed by atoms with Crippen molar-refractivity contribution in [3.8, 4) is 0 Å². The summed E-state index contributed by atoms with van der Waals surface area (Å²) in [7, 11) is 0.00440. The molecule has 0 spiro atoms. The molecule has 10 heavy (non-hydrogen) atoms. The Morgan fingerprint density at radius 1 is 1.70 bits per heavy atom. The van der Waals surface area contributed by atoms with Gasteiger partial charge in [0.25, 0.3) is 0 Å². The lowest BCUT2D eigenvalue weighted by Gasteiger charge is -2.05. The van der Waals surface area contributed by atoms with Crippen LogP contribution in [0.5, 0.6) is 0 Å². The third kappa shape index (κ3) is 26.0. The maximum atomic E-state index is 11.8. The minimum absolute atomic E-state index is 0.00440. The molecule has 2 nitrogen and oxygen atoms in total. The largest absolute Gasteiger partial charge is 0.231 e. The molecule has 0 amide bonds. The lowest BCUT2D eigenvalue weighted by atomic mass is 10.3. The van der Waals surface area contributed by atoms with E-state index in [1.54, 1.807) is 6.92 Å². The zero-order valence-corrected chi connectivity index (χ0v) is 8.08. The summed E-state index contributed by atoms with van der Waals surface area (Å²) in [5.74, 6) is 0. The Labute approximate surface area is 61.6 Å². The number of isocyanates is 1. The second-order valence-corrected chi connectivity index (χ2v) is 3.39. The molecule has 0 aliphatic heterocycles. The second-order valence-electron chi connectivity index (χ2n) is 1.92. The van der Waals surface area contributed by atoms with Gasteiger partial charge >= 0.3 is 0 Å². The molecule has 0 radical (unpaired) electrons. The van der Waals surface area contributed by atoms with Crippen LogP contribution in [-0.2, 0) is 4.79 Å². The van der Waals surface area contributed by atoms with E-state index in [9.17, 15) is 8.78 Å². The monoisotopic (exact) mass is 167 g/mol. The standard InChI is InChI=1S/C4H10F2Si.CHNO/c1-2-3-4(5,6)7;2-1-3/h2-3H2,1,7H3;2H. The summed E-state index contributed by atoms with van der Waals surface area (Å²) in [4.78, 5) is 8.35. The number of alkyl halides is 2. The van der Waals surface area contributed by atoms with Gasteiger partial charge in [-0.05, 0) is 0 Å². The quantitative estimate of drug-likeness (QED) is 0.366. The van der Waals surface area contributed by atoms with E-state index in [0.29, 0.717) is 6.42 Å². The van der Waals surface area contributed by atoms with Crippen LogP contribution < -0.4 is 0 Å². The van der Waals surface area contributed by atoms with Gasteiger partial charge in [0, 0.05) is 6.42 Å². The number of carbonyl (C=O) groups excluding carboxylic acids is 1. The summed E-state index contributed by atoms with van der Waals surface area (Å²) in [5.41, 5.74) is -2.31. The zero-order valence-electron chi connectivity index (χ0n) is 6.08. The fourth-order valence-corrected chi connectivity index (χ4v) is 0.939. The van der Waals surface area contributed by atoms with Gasteiger partial charge in [-0.3, -0.25) is 0 Å². The van der Waals surface area contributed by atoms with E-state index >= 15 is 0 Å². The Morgan fingerprint density at radius 2 is 2.00 bits per heavy atom. The van der Waals surface area contributed by atoms with Crippen LogP contribution in [0.1, 0.15) is 19.8 Å². The van der Waals surface area contributed by atoms with Gasteiger partial charge in [-0.15, -0.1) is 0 Å². The van der Waals surface area contributed by atoms with Crippen molar-refractivity contribution in [1.82, 2.24) is 0 Å². The molecular formula is C5H11F2NOSi. The van der Waals surface area contributed by atoms with Crippen molar-refractivity contribution in [3.63, 3.8) is 0 Å². The number of nitrogens with one attached hydrogen (secondary N) is 1. The molecular weight excluding hydrogens is 156 g/mol. The Bertz CT molecular complexity index is 107. The fraction of sp³-hybridized carbons (Fsp3) is 0.800. The second kappa shape index (κ2) is 6.58. The number of hydrogen-bond donors (Lipinski definition) is 1. The van der Waals surface area contributed by atoms with Gasteiger partial charge in [0.15, 0.2) is 0 Å². The van der Waals surface area contributed by atoms with Crippen LogP contribution in [0.3, 0.4) is 0 Å². The summed E-state index contributed by atoms with van der Waals surface area (Å²) in [5, 5.41) is 5.40. The third-order valence-corrected chi connectivity index (χ3v) is 1.19. The van der Waals surface area contributed by atoms with E-state index in [0.717, 1.165) is 6.08 Å². The smallest absolute Gasteiger partial charge is 0.222 e. The molecule has 5 heteroatoms. The number of rotatable bonds is 2. The Kier molecular flexibility index (Phi) is 8.00. The van der Waals surface area contributed by atoms with E-state index in [1.165, 1.54) is 0 Å². The first kappa shape index (κ1) is 12.2. The molecule has 60 valence electrons. The highest BCUT2D eigenvalue weighted by Gasteiger charge is 2.17. The van der Waals surface area contributed by atoms with Gasteiger partial charge in [-0.1, -0.05) is 13.3 Å². The fourth-order valence-electron chi connectivity index (χ4n) is 0.439. The van der Waals surface area contributed by atoms with Crippen molar-refractivity contribution in [2.75, 3.05) is 0 Å². The molecule has 0 unspecified atom stereocenters. The zero-order chi connectivity index (χ0) is 8.62. The van der Waals surface area contributed by atoms with Gasteiger partial charge < -0.3 is 0 Å². The summed E-state index contributed by atoms with van der Waals surface area (Å²) in [6.45, 7) is 1.77. The van der Waals surface area contributed by atoms with E-state index in [4.69, 9.17) is 10.2 Å². The van der Waals surface area contributed by atoms with Crippen molar-refractivity contribution in [3.05, 3.63) is 0 Å². The van der Waals surface area contributed by atoms with Gasteiger partial charge in [0.05, 0.1) is 10.2 Å². The normalized spacial score (nSPS) is 9.50. The molecule has 0 rings (SSSR count). The molecule has 0 saturated heterocycles. The van der Waals surface area contributed by atoms with Crippen LogP contribution >= 0.6 is 0 Å². The summed E-state index contributed by atoms with van der Waals surface area (Å²) in [6, 6.07) is 0. The minimum Gasteiger partial charge on any atom is -0.222 e. The first-order chi connectivity index (χ1) is 4.47. The topological polar surface area (TPSA) is 40.9 Å². The molecule has 0 bridgehead atoms. The van der Waals surface area contributed by atoms with Crippen LogP contribution in [-0.4, -0.2) is 21.9 Å². The Hall–Kier alpha value is -0.543. The molecule has 0 aromatic rings. The summed E-state index contributed by atoms with van der Waals surface area (Å²) >= 11 is 0. The van der Waals surface area contributed by atoms with Crippen LogP contribution in [0, 0.1) is 5.41 Å². The molecule has 0 aromatic heterocycles. The Balaban J connectivity index is 0.